The van der Waals surface area contributed by atoms with Crippen molar-refractivity contribution < 1.29 is 14.3 Å². The average Bonchev–Trinajstić information content (AvgIpc) is 3.30. The molecule has 0 N–H and O–H groups in total. The molecule has 0 amide bonds. The van der Waals surface area contributed by atoms with E-state index in [1.54, 1.807) is 34.7 Å². The Morgan fingerprint density at radius 2 is 1.81 bits per heavy atom. The summed E-state index contributed by atoms with van der Waals surface area (Å²) in [5, 5.41) is 0. The molecule has 0 saturated heterocycles. The van der Waals surface area contributed by atoms with Crippen LogP contribution in [0.1, 0.15) is 21.5 Å². The van der Waals surface area contributed by atoms with Crippen LogP contribution in [0.25, 0.3) is 22.1 Å². The number of benzene rings is 3. The number of aryl methyl sites for hydroxylation is 1. The number of thiazole rings is 1. The monoisotopic (exact) mass is 442 g/mol. The maximum atomic E-state index is 13.0. The molecule has 0 bridgehead atoms. The second-order valence-corrected chi connectivity index (χ2v) is 8.31. The number of carbonyl (C=O) groups is 1. The van der Waals surface area contributed by atoms with Gasteiger partial charge in [0.05, 0.1) is 28.2 Å². The molecular formula is C25H18N2O4S. The zero-order chi connectivity index (χ0) is 22.2. The Bertz CT molecular complexity index is 1580. The number of nitrogens with zero attached hydrogens (tertiary/aromatic N) is 2. The van der Waals surface area contributed by atoms with E-state index in [9.17, 15) is 9.59 Å². The predicted octanol–water partition coefficient (Wildman–Crippen LogP) is 3.99. The molecule has 158 valence electrons. The van der Waals surface area contributed by atoms with Crippen molar-refractivity contribution in [2.45, 2.75) is 6.92 Å². The second-order valence-electron chi connectivity index (χ2n) is 7.30. The average molecular weight is 442 g/mol. The molecule has 0 spiro atoms. The van der Waals surface area contributed by atoms with Crippen molar-refractivity contribution in [3.63, 3.8) is 0 Å². The van der Waals surface area contributed by atoms with E-state index in [0.29, 0.717) is 26.4 Å². The lowest BCUT2D eigenvalue weighted by Crippen LogP contribution is -2.22. The Kier molecular flexibility index (Phi) is 4.95. The van der Waals surface area contributed by atoms with Gasteiger partial charge in [-0.3, -0.25) is 4.79 Å². The summed E-state index contributed by atoms with van der Waals surface area (Å²) in [6.45, 7) is 1.95. The fraction of sp³-hybridized carbons (Fsp3) is 0.0800. The summed E-state index contributed by atoms with van der Waals surface area (Å²) in [6.07, 6.45) is 1.76. The van der Waals surface area contributed by atoms with Crippen LogP contribution < -0.4 is 19.6 Å². The van der Waals surface area contributed by atoms with Gasteiger partial charge in [0.25, 0.3) is 5.56 Å². The van der Waals surface area contributed by atoms with Crippen LogP contribution in [0.15, 0.2) is 71.5 Å². The van der Waals surface area contributed by atoms with Gasteiger partial charge in [-0.2, -0.15) is 0 Å². The fourth-order valence-corrected chi connectivity index (χ4v) is 4.46. The van der Waals surface area contributed by atoms with Gasteiger partial charge in [-0.05, 0) is 55.0 Å². The smallest absolute Gasteiger partial charge is 0.343 e. The van der Waals surface area contributed by atoms with E-state index in [1.807, 2.05) is 49.4 Å². The SMILES string of the molecule is COc1ccc(/C=c2\sc3nc4ccccc4n3c2=O)cc1OC(=O)c1ccc(C)cc1. The topological polar surface area (TPSA) is 69.9 Å². The summed E-state index contributed by atoms with van der Waals surface area (Å²) in [5.74, 6) is 0.231. The molecule has 5 rings (SSSR count). The third-order valence-corrected chi connectivity index (χ3v) is 6.09. The number of methoxy groups -OCH3 is 1. The maximum absolute atomic E-state index is 13.0. The number of hydrogen-bond acceptors (Lipinski definition) is 6. The summed E-state index contributed by atoms with van der Waals surface area (Å²) in [5.41, 5.74) is 3.65. The first-order valence-corrected chi connectivity index (χ1v) is 10.7. The Labute approximate surface area is 187 Å². The molecule has 5 aromatic rings. The minimum atomic E-state index is -0.481. The van der Waals surface area contributed by atoms with Crippen molar-refractivity contribution in [2.75, 3.05) is 7.11 Å². The highest BCUT2D eigenvalue weighted by Gasteiger charge is 2.14. The van der Waals surface area contributed by atoms with Gasteiger partial charge in [-0.1, -0.05) is 47.2 Å². The lowest BCUT2D eigenvalue weighted by atomic mass is 10.1. The van der Waals surface area contributed by atoms with Gasteiger partial charge in [0.1, 0.15) is 0 Å². The first kappa shape index (κ1) is 20.0. The van der Waals surface area contributed by atoms with Gasteiger partial charge in [-0.25, -0.2) is 14.2 Å². The first-order chi connectivity index (χ1) is 15.5. The van der Waals surface area contributed by atoms with Crippen LogP contribution >= 0.6 is 11.3 Å². The quantitative estimate of drug-likeness (QED) is 0.311. The van der Waals surface area contributed by atoms with E-state index < -0.39 is 5.97 Å². The number of esters is 1. The summed E-state index contributed by atoms with van der Waals surface area (Å²) < 4.78 is 13.1. The van der Waals surface area contributed by atoms with E-state index in [4.69, 9.17) is 9.47 Å². The molecule has 0 aliphatic carbocycles. The van der Waals surface area contributed by atoms with Crippen molar-refractivity contribution in [3.8, 4) is 11.5 Å². The number of imidazole rings is 1. The minimum Gasteiger partial charge on any atom is -0.493 e. The third kappa shape index (κ3) is 3.52. The van der Waals surface area contributed by atoms with Crippen LogP contribution in [0.5, 0.6) is 11.5 Å². The van der Waals surface area contributed by atoms with E-state index in [0.717, 1.165) is 16.6 Å². The Balaban J connectivity index is 1.54. The molecule has 0 aliphatic rings. The number of fused-ring (bicyclic) bond motifs is 3. The summed E-state index contributed by atoms with van der Waals surface area (Å²) in [4.78, 5) is 30.8. The number of hydrogen-bond donors (Lipinski definition) is 0. The standard InChI is InChI=1S/C25H18N2O4S/c1-15-7-10-17(11-8-15)24(29)31-21-13-16(9-12-20(21)30-2)14-22-23(28)27-19-6-4-3-5-18(19)26-25(27)32-22/h3-14H,1-2H3/b22-14-. The number of ether oxygens (including phenoxy) is 2. The predicted molar refractivity (Wildman–Crippen MR) is 125 cm³/mol. The molecule has 2 aromatic heterocycles. The van der Waals surface area contributed by atoms with Gasteiger partial charge < -0.3 is 9.47 Å². The van der Waals surface area contributed by atoms with E-state index in [2.05, 4.69) is 4.98 Å². The molecule has 3 aromatic carbocycles. The van der Waals surface area contributed by atoms with Gasteiger partial charge in [0, 0.05) is 0 Å². The Morgan fingerprint density at radius 3 is 2.59 bits per heavy atom. The molecule has 7 heteroatoms. The lowest BCUT2D eigenvalue weighted by Gasteiger charge is -2.10. The van der Waals surface area contributed by atoms with Crippen LogP contribution in [-0.4, -0.2) is 22.5 Å². The molecule has 32 heavy (non-hydrogen) atoms. The molecule has 0 atom stereocenters. The highest BCUT2D eigenvalue weighted by atomic mass is 32.1. The summed E-state index contributed by atoms with van der Waals surface area (Å²) in [6, 6.07) is 19.9. The third-order valence-electron chi connectivity index (χ3n) is 5.12. The molecule has 0 fully saturated rings. The van der Waals surface area contributed by atoms with Crippen LogP contribution in [0, 0.1) is 6.92 Å². The van der Waals surface area contributed by atoms with Crippen molar-refractivity contribution >= 4 is 39.4 Å². The second kappa shape index (κ2) is 7.94. The molecular weight excluding hydrogens is 424 g/mol. The van der Waals surface area contributed by atoms with Gasteiger partial charge >= 0.3 is 5.97 Å². The molecule has 0 aliphatic heterocycles. The maximum Gasteiger partial charge on any atom is 0.343 e. The van der Waals surface area contributed by atoms with Crippen LogP contribution in [-0.2, 0) is 0 Å². The van der Waals surface area contributed by atoms with Gasteiger partial charge in [-0.15, -0.1) is 0 Å². The number of para-hydroxylation sites is 2. The van der Waals surface area contributed by atoms with E-state index in [1.165, 1.54) is 18.4 Å². The molecule has 6 nitrogen and oxygen atoms in total. The zero-order valence-electron chi connectivity index (χ0n) is 17.4. The van der Waals surface area contributed by atoms with Crippen LogP contribution in [0.4, 0.5) is 0 Å². The highest BCUT2D eigenvalue weighted by Crippen LogP contribution is 2.29. The normalized spacial score (nSPS) is 11.9. The molecule has 0 radical (unpaired) electrons. The highest BCUT2D eigenvalue weighted by molar-refractivity contribution is 7.15. The molecule has 2 heterocycles. The zero-order valence-corrected chi connectivity index (χ0v) is 18.2. The number of carbonyl (C=O) groups excluding carboxylic acids is 1. The van der Waals surface area contributed by atoms with Gasteiger partial charge in [0.15, 0.2) is 16.5 Å². The molecule has 0 unspecified atom stereocenters. The Morgan fingerprint density at radius 1 is 1.03 bits per heavy atom. The van der Waals surface area contributed by atoms with Crippen molar-refractivity contribution in [1.82, 2.24) is 9.38 Å². The summed E-state index contributed by atoms with van der Waals surface area (Å²) in [7, 11) is 1.51. The summed E-state index contributed by atoms with van der Waals surface area (Å²) >= 11 is 1.32. The van der Waals surface area contributed by atoms with Crippen LogP contribution in [0.2, 0.25) is 0 Å². The number of rotatable bonds is 4. The van der Waals surface area contributed by atoms with Crippen LogP contribution in [0.3, 0.4) is 0 Å². The van der Waals surface area contributed by atoms with Crippen molar-refractivity contribution in [2.24, 2.45) is 0 Å². The minimum absolute atomic E-state index is 0.132. The fourth-order valence-electron chi connectivity index (χ4n) is 3.47. The van der Waals surface area contributed by atoms with Gasteiger partial charge in [0.2, 0.25) is 0 Å². The lowest BCUT2D eigenvalue weighted by molar-refractivity contribution is 0.0729. The van der Waals surface area contributed by atoms with Crippen molar-refractivity contribution in [3.05, 3.63) is 98.3 Å². The molecule has 0 saturated carbocycles. The van der Waals surface area contributed by atoms with E-state index >= 15 is 0 Å². The Hall–Kier alpha value is -3.97. The first-order valence-electron chi connectivity index (χ1n) is 9.92. The largest absolute Gasteiger partial charge is 0.493 e. The number of aromatic nitrogens is 2. The van der Waals surface area contributed by atoms with Crippen molar-refractivity contribution in [1.29, 1.82) is 0 Å². The van der Waals surface area contributed by atoms with E-state index in [-0.39, 0.29) is 11.3 Å².